The second-order valence-electron chi connectivity index (χ2n) is 2.82. The molecule has 0 bridgehead atoms. The highest BCUT2D eigenvalue weighted by Crippen LogP contribution is 2.26. The third-order valence-corrected chi connectivity index (χ3v) is 4.03. The minimum Gasteiger partial charge on any atom is -0.364 e. The molecule has 2 nitrogen and oxygen atoms in total. The molecular formula is C9H9ClO2S. The highest BCUT2D eigenvalue weighted by molar-refractivity contribution is 7.85. The van der Waals surface area contributed by atoms with Crippen LogP contribution in [-0.2, 0) is 15.5 Å². The van der Waals surface area contributed by atoms with Gasteiger partial charge in [0, 0.05) is 6.42 Å². The lowest BCUT2D eigenvalue weighted by Gasteiger charge is -2.25. The molecule has 0 spiro atoms. The van der Waals surface area contributed by atoms with Gasteiger partial charge in [-0.3, -0.25) is 4.21 Å². The number of hydrogen-bond acceptors (Lipinski definition) is 2. The summed E-state index contributed by atoms with van der Waals surface area (Å²) in [6, 6.07) is 7.18. The molecule has 1 saturated heterocycles. The van der Waals surface area contributed by atoms with E-state index in [0.717, 1.165) is 6.42 Å². The fourth-order valence-electron chi connectivity index (χ4n) is 1.13. The summed E-state index contributed by atoms with van der Waals surface area (Å²) in [7, 11) is -1.11. The minimum absolute atomic E-state index is 0.153. The van der Waals surface area contributed by atoms with Crippen molar-refractivity contribution in [3.05, 3.63) is 29.3 Å². The normalized spacial score (nSPS) is 23.6. The SMILES string of the molecule is O=S(c1ccccc1Cl)C1CCO1. The predicted molar refractivity (Wildman–Crippen MR) is 52.2 cm³/mol. The molecule has 0 N–H and O–H groups in total. The van der Waals surface area contributed by atoms with E-state index in [1.54, 1.807) is 12.1 Å². The highest BCUT2D eigenvalue weighted by atomic mass is 35.5. The first-order valence-corrected chi connectivity index (χ1v) is 5.65. The van der Waals surface area contributed by atoms with Gasteiger partial charge in [0.15, 0.2) is 0 Å². The maximum Gasteiger partial charge on any atom is 0.139 e. The summed E-state index contributed by atoms with van der Waals surface area (Å²) in [4.78, 5) is 0.675. The van der Waals surface area contributed by atoms with Crippen molar-refractivity contribution in [3.8, 4) is 0 Å². The van der Waals surface area contributed by atoms with Crippen LogP contribution in [0.5, 0.6) is 0 Å². The molecular weight excluding hydrogens is 208 g/mol. The molecule has 13 heavy (non-hydrogen) atoms. The van der Waals surface area contributed by atoms with Crippen LogP contribution in [0.1, 0.15) is 6.42 Å². The Labute approximate surface area is 84.3 Å². The number of benzene rings is 1. The second kappa shape index (κ2) is 3.78. The van der Waals surface area contributed by atoms with E-state index in [0.29, 0.717) is 16.5 Å². The van der Waals surface area contributed by atoms with Gasteiger partial charge in [-0.2, -0.15) is 0 Å². The van der Waals surface area contributed by atoms with Crippen LogP contribution >= 0.6 is 11.6 Å². The molecule has 1 aliphatic heterocycles. The molecule has 2 unspecified atom stereocenters. The number of hydrogen-bond donors (Lipinski definition) is 0. The first kappa shape index (κ1) is 9.19. The molecule has 1 heterocycles. The number of ether oxygens (including phenoxy) is 1. The summed E-state index contributed by atoms with van der Waals surface area (Å²) in [5.74, 6) is 0. The van der Waals surface area contributed by atoms with Crippen molar-refractivity contribution in [2.45, 2.75) is 16.8 Å². The van der Waals surface area contributed by atoms with E-state index >= 15 is 0 Å². The van der Waals surface area contributed by atoms with Crippen LogP contribution in [0.3, 0.4) is 0 Å². The molecule has 0 aliphatic carbocycles. The molecule has 0 amide bonds. The van der Waals surface area contributed by atoms with Crippen molar-refractivity contribution in [3.63, 3.8) is 0 Å². The highest BCUT2D eigenvalue weighted by Gasteiger charge is 2.26. The lowest BCUT2D eigenvalue weighted by molar-refractivity contribution is 0.00639. The first-order chi connectivity index (χ1) is 6.29. The van der Waals surface area contributed by atoms with Crippen LogP contribution < -0.4 is 0 Å². The van der Waals surface area contributed by atoms with Crippen LogP contribution in [0.4, 0.5) is 0 Å². The maximum absolute atomic E-state index is 11.7. The third kappa shape index (κ3) is 1.77. The quantitative estimate of drug-likeness (QED) is 0.758. The van der Waals surface area contributed by atoms with Gasteiger partial charge in [-0.15, -0.1) is 0 Å². The largest absolute Gasteiger partial charge is 0.364 e. The Morgan fingerprint density at radius 3 is 2.69 bits per heavy atom. The van der Waals surface area contributed by atoms with Crippen LogP contribution in [-0.4, -0.2) is 16.3 Å². The Morgan fingerprint density at radius 1 is 1.46 bits per heavy atom. The van der Waals surface area contributed by atoms with Gasteiger partial charge < -0.3 is 4.74 Å². The maximum atomic E-state index is 11.7. The Balaban J connectivity index is 2.24. The van der Waals surface area contributed by atoms with E-state index in [4.69, 9.17) is 16.3 Å². The fraction of sp³-hybridized carbons (Fsp3) is 0.333. The Kier molecular flexibility index (Phi) is 2.67. The molecule has 0 aromatic heterocycles. The summed E-state index contributed by atoms with van der Waals surface area (Å²) in [6.07, 6.45) is 0.859. The van der Waals surface area contributed by atoms with Crippen molar-refractivity contribution in [2.24, 2.45) is 0 Å². The standard InChI is InChI=1S/C9H9ClO2S/c10-7-3-1-2-4-8(7)13(11)9-5-6-12-9/h1-4,9H,5-6H2. The summed E-state index contributed by atoms with van der Waals surface area (Å²) < 4.78 is 16.9. The van der Waals surface area contributed by atoms with Gasteiger partial charge in [-0.25, -0.2) is 0 Å². The van der Waals surface area contributed by atoms with Crippen molar-refractivity contribution in [2.75, 3.05) is 6.61 Å². The molecule has 2 rings (SSSR count). The topological polar surface area (TPSA) is 26.3 Å². The average Bonchev–Trinajstić information content (AvgIpc) is 2.01. The van der Waals surface area contributed by atoms with Gasteiger partial charge >= 0.3 is 0 Å². The number of halogens is 1. The van der Waals surface area contributed by atoms with Gasteiger partial charge in [0.1, 0.15) is 5.44 Å². The molecule has 70 valence electrons. The van der Waals surface area contributed by atoms with Gasteiger partial charge in [0.05, 0.1) is 27.3 Å². The molecule has 1 aliphatic rings. The lowest BCUT2D eigenvalue weighted by atomic mass is 10.4. The first-order valence-electron chi connectivity index (χ1n) is 4.06. The monoisotopic (exact) mass is 216 g/mol. The summed E-state index contributed by atoms with van der Waals surface area (Å²) in [6.45, 7) is 0.709. The minimum atomic E-state index is -1.11. The van der Waals surface area contributed by atoms with Crippen LogP contribution in [0.25, 0.3) is 0 Å². The molecule has 0 radical (unpaired) electrons. The zero-order valence-corrected chi connectivity index (χ0v) is 8.48. The summed E-state index contributed by atoms with van der Waals surface area (Å²) >= 11 is 5.90. The van der Waals surface area contributed by atoms with E-state index in [1.807, 2.05) is 12.1 Å². The Bertz CT molecular complexity index is 336. The van der Waals surface area contributed by atoms with Gasteiger partial charge in [0.2, 0.25) is 0 Å². The second-order valence-corrected chi connectivity index (χ2v) is 4.78. The van der Waals surface area contributed by atoms with E-state index in [9.17, 15) is 4.21 Å². The Morgan fingerprint density at radius 2 is 2.15 bits per heavy atom. The zero-order valence-electron chi connectivity index (χ0n) is 6.90. The Hall–Kier alpha value is -0.380. The molecule has 1 aromatic carbocycles. The van der Waals surface area contributed by atoms with Crippen LogP contribution in [0.15, 0.2) is 29.2 Å². The van der Waals surface area contributed by atoms with Crippen molar-refractivity contribution in [1.82, 2.24) is 0 Å². The van der Waals surface area contributed by atoms with E-state index in [-0.39, 0.29) is 5.44 Å². The molecule has 1 fully saturated rings. The van der Waals surface area contributed by atoms with Gasteiger partial charge in [0.25, 0.3) is 0 Å². The summed E-state index contributed by atoms with van der Waals surface area (Å²) in [5.41, 5.74) is -0.153. The smallest absolute Gasteiger partial charge is 0.139 e. The van der Waals surface area contributed by atoms with Crippen LogP contribution in [0.2, 0.25) is 5.02 Å². The van der Waals surface area contributed by atoms with E-state index in [1.165, 1.54) is 0 Å². The molecule has 2 atom stereocenters. The molecule has 4 heteroatoms. The third-order valence-electron chi connectivity index (χ3n) is 1.95. The zero-order chi connectivity index (χ0) is 9.26. The fourth-order valence-corrected chi connectivity index (χ4v) is 2.78. The van der Waals surface area contributed by atoms with E-state index in [2.05, 4.69) is 0 Å². The summed E-state index contributed by atoms with van der Waals surface area (Å²) in [5, 5.41) is 0.552. The van der Waals surface area contributed by atoms with Crippen molar-refractivity contribution < 1.29 is 8.95 Å². The molecule has 1 aromatic rings. The lowest BCUT2D eigenvalue weighted by Crippen LogP contribution is -2.31. The van der Waals surface area contributed by atoms with Crippen LogP contribution in [0, 0.1) is 0 Å². The number of rotatable bonds is 2. The van der Waals surface area contributed by atoms with E-state index < -0.39 is 10.8 Å². The van der Waals surface area contributed by atoms with Crippen molar-refractivity contribution >= 4 is 22.4 Å². The van der Waals surface area contributed by atoms with Gasteiger partial charge in [-0.1, -0.05) is 23.7 Å². The van der Waals surface area contributed by atoms with Crippen molar-refractivity contribution in [1.29, 1.82) is 0 Å². The molecule has 0 saturated carbocycles. The van der Waals surface area contributed by atoms with Gasteiger partial charge in [-0.05, 0) is 12.1 Å². The predicted octanol–water partition coefficient (Wildman–Crippen LogP) is 2.19. The average molecular weight is 217 g/mol.